The lowest BCUT2D eigenvalue weighted by molar-refractivity contribution is 0.0953. The van der Waals surface area contributed by atoms with Crippen molar-refractivity contribution in [1.82, 2.24) is 9.62 Å². The van der Waals surface area contributed by atoms with Crippen LogP contribution in [-0.2, 0) is 10.0 Å². The second-order valence-corrected chi connectivity index (χ2v) is 6.66. The molecular formula is C11H16N2O3S2. The Morgan fingerprint density at radius 2 is 1.94 bits per heavy atom. The molecule has 0 saturated carbocycles. The van der Waals surface area contributed by atoms with E-state index >= 15 is 0 Å². The lowest BCUT2D eigenvalue weighted by Gasteiger charge is -2.12. The van der Waals surface area contributed by atoms with E-state index in [4.69, 9.17) is 0 Å². The molecule has 1 amide bonds. The first-order valence-corrected chi connectivity index (χ1v) is 7.36. The predicted molar refractivity (Wildman–Crippen MR) is 73.5 cm³/mol. The van der Waals surface area contributed by atoms with Crippen LogP contribution < -0.4 is 5.32 Å². The van der Waals surface area contributed by atoms with Gasteiger partial charge < -0.3 is 5.32 Å². The third-order valence-electron chi connectivity index (χ3n) is 2.35. The average Bonchev–Trinajstić information content (AvgIpc) is 2.29. The predicted octanol–water partition coefficient (Wildman–Crippen LogP) is 0.597. The first kappa shape index (κ1) is 15.0. The Bertz CT molecular complexity index is 527. The molecule has 0 spiro atoms. The molecule has 0 saturated heterocycles. The highest BCUT2D eigenvalue weighted by molar-refractivity contribution is 7.89. The minimum absolute atomic E-state index is 0.0709. The van der Waals surface area contributed by atoms with Gasteiger partial charge in [0.2, 0.25) is 10.0 Å². The fraction of sp³-hybridized carbons (Fsp3) is 0.364. The number of nitrogens with one attached hydrogen (secondary N) is 1. The first-order valence-electron chi connectivity index (χ1n) is 5.31. The van der Waals surface area contributed by atoms with E-state index in [0.29, 0.717) is 10.5 Å². The van der Waals surface area contributed by atoms with Gasteiger partial charge in [-0.05, 0) is 12.1 Å². The Morgan fingerprint density at radius 1 is 1.33 bits per heavy atom. The number of amides is 1. The maximum absolute atomic E-state index is 11.8. The normalized spacial score (nSPS) is 11.6. The van der Waals surface area contributed by atoms with Gasteiger partial charge in [-0.2, -0.15) is 0 Å². The van der Waals surface area contributed by atoms with Gasteiger partial charge in [-0.3, -0.25) is 4.79 Å². The fourth-order valence-corrected chi connectivity index (χ4v) is 2.22. The van der Waals surface area contributed by atoms with Crippen molar-refractivity contribution in [2.75, 3.05) is 26.4 Å². The van der Waals surface area contributed by atoms with Gasteiger partial charge in [0.05, 0.1) is 11.3 Å². The molecule has 0 aromatic heterocycles. The Morgan fingerprint density at radius 3 is 2.50 bits per heavy atom. The third kappa shape index (κ3) is 4.01. The summed E-state index contributed by atoms with van der Waals surface area (Å²) in [5, 5.41) is 2.56. The fourth-order valence-electron chi connectivity index (χ4n) is 1.24. The van der Waals surface area contributed by atoms with Crippen molar-refractivity contribution in [2.24, 2.45) is 0 Å². The van der Waals surface area contributed by atoms with Crippen LogP contribution in [0.5, 0.6) is 0 Å². The van der Waals surface area contributed by atoms with Crippen LogP contribution in [-0.4, -0.2) is 45.0 Å². The summed E-state index contributed by atoms with van der Waals surface area (Å²) in [6.07, 6.45) is 0. The van der Waals surface area contributed by atoms with Gasteiger partial charge in [0.25, 0.3) is 5.91 Å². The van der Waals surface area contributed by atoms with Crippen LogP contribution in [0.4, 0.5) is 0 Å². The summed E-state index contributed by atoms with van der Waals surface area (Å²) in [6, 6.07) is 6.84. The highest BCUT2D eigenvalue weighted by Crippen LogP contribution is 2.12. The van der Waals surface area contributed by atoms with Crippen molar-refractivity contribution in [3.8, 4) is 0 Å². The molecule has 0 aliphatic heterocycles. The molecule has 0 bridgehead atoms. The lowest BCUT2D eigenvalue weighted by Crippen LogP contribution is -2.34. The molecule has 0 unspecified atom stereocenters. The second-order valence-electron chi connectivity index (χ2n) is 3.87. The molecule has 100 valence electrons. The molecular weight excluding hydrogens is 272 g/mol. The summed E-state index contributed by atoms with van der Waals surface area (Å²) >= 11 is 4.16. The van der Waals surface area contributed by atoms with E-state index in [2.05, 4.69) is 17.9 Å². The van der Waals surface area contributed by atoms with E-state index in [1.165, 1.54) is 14.1 Å². The smallest absolute Gasteiger partial charge is 0.252 e. The summed E-state index contributed by atoms with van der Waals surface area (Å²) in [5.41, 5.74) is 0.433. The molecule has 18 heavy (non-hydrogen) atoms. The van der Waals surface area contributed by atoms with Gasteiger partial charge in [-0.15, -0.1) is 12.6 Å². The van der Waals surface area contributed by atoms with Gasteiger partial charge in [0, 0.05) is 25.5 Å². The van der Waals surface area contributed by atoms with E-state index in [0.717, 1.165) is 4.31 Å². The van der Waals surface area contributed by atoms with Crippen LogP contribution in [0.2, 0.25) is 0 Å². The summed E-state index contributed by atoms with van der Waals surface area (Å²) in [5.74, 6) is -0.449. The molecule has 0 radical (unpaired) electrons. The van der Waals surface area contributed by atoms with Crippen LogP contribution >= 0.6 is 12.6 Å². The standard InChI is InChI=1S/C11H16N2O3S2/c1-13(2)18(15,16)8-7-12-11(14)9-5-3-4-6-10(9)17/h3-6,17H,7-8H2,1-2H3,(H,12,14). The number of benzene rings is 1. The largest absolute Gasteiger partial charge is 0.351 e. The zero-order valence-electron chi connectivity index (χ0n) is 10.3. The van der Waals surface area contributed by atoms with E-state index < -0.39 is 10.0 Å². The number of sulfonamides is 1. The van der Waals surface area contributed by atoms with Crippen molar-refractivity contribution in [3.05, 3.63) is 29.8 Å². The van der Waals surface area contributed by atoms with Gasteiger partial charge in [-0.25, -0.2) is 12.7 Å². The Kier molecular flexibility index (Phi) is 5.18. The molecule has 1 rings (SSSR count). The maximum Gasteiger partial charge on any atom is 0.252 e. The van der Waals surface area contributed by atoms with E-state index in [9.17, 15) is 13.2 Å². The van der Waals surface area contributed by atoms with Gasteiger partial charge in [0.15, 0.2) is 0 Å². The van der Waals surface area contributed by atoms with Crippen molar-refractivity contribution in [3.63, 3.8) is 0 Å². The van der Waals surface area contributed by atoms with E-state index in [-0.39, 0.29) is 18.2 Å². The van der Waals surface area contributed by atoms with Crippen LogP contribution in [0.25, 0.3) is 0 Å². The summed E-state index contributed by atoms with van der Waals surface area (Å²) in [7, 11) is -0.370. The lowest BCUT2D eigenvalue weighted by atomic mass is 10.2. The average molecular weight is 288 g/mol. The molecule has 0 atom stereocenters. The van der Waals surface area contributed by atoms with E-state index in [1.807, 2.05) is 0 Å². The topological polar surface area (TPSA) is 66.5 Å². The number of carbonyl (C=O) groups is 1. The zero-order chi connectivity index (χ0) is 13.8. The molecule has 7 heteroatoms. The third-order valence-corrected chi connectivity index (χ3v) is 4.57. The number of hydrogen-bond acceptors (Lipinski definition) is 4. The molecule has 5 nitrogen and oxygen atoms in total. The quantitative estimate of drug-likeness (QED) is 0.780. The molecule has 1 N–H and O–H groups in total. The molecule has 0 aliphatic carbocycles. The number of carbonyl (C=O) groups excluding carboxylic acids is 1. The van der Waals surface area contributed by atoms with Crippen molar-refractivity contribution < 1.29 is 13.2 Å². The second kappa shape index (κ2) is 6.21. The number of rotatable bonds is 5. The van der Waals surface area contributed by atoms with Gasteiger partial charge in [0.1, 0.15) is 0 Å². The molecule has 1 aromatic carbocycles. The van der Waals surface area contributed by atoms with Crippen LogP contribution in [0.1, 0.15) is 10.4 Å². The van der Waals surface area contributed by atoms with Gasteiger partial charge >= 0.3 is 0 Å². The molecule has 0 fully saturated rings. The first-order chi connectivity index (χ1) is 8.34. The maximum atomic E-state index is 11.8. The highest BCUT2D eigenvalue weighted by atomic mass is 32.2. The minimum Gasteiger partial charge on any atom is -0.351 e. The Hall–Kier alpha value is -1.05. The summed E-state index contributed by atoms with van der Waals surface area (Å²) in [4.78, 5) is 12.3. The SMILES string of the molecule is CN(C)S(=O)(=O)CCNC(=O)c1ccccc1S. The van der Waals surface area contributed by atoms with Crippen molar-refractivity contribution >= 4 is 28.6 Å². The van der Waals surface area contributed by atoms with Gasteiger partial charge in [-0.1, -0.05) is 12.1 Å². The summed E-state index contributed by atoms with van der Waals surface area (Å²) in [6.45, 7) is 0.0709. The zero-order valence-corrected chi connectivity index (χ0v) is 12.0. The minimum atomic E-state index is -3.29. The van der Waals surface area contributed by atoms with Crippen LogP contribution in [0.3, 0.4) is 0 Å². The van der Waals surface area contributed by atoms with Crippen LogP contribution in [0.15, 0.2) is 29.2 Å². The molecule has 0 aliphatic rings. The van der Waals surface area contributed by atoms with E-state index in [1.54, 1.807) is 24.3 Å². The summed E-state index contributed by atoms with van der Waals surface area (Å²) < 4.78 is 24.1. The molecule has 1 aromatic rings. The number of hydrogen-bond donors (Lipinski definition) is 2. The monoisotopic (exact) mass is 288 g/mol. The number of nitrogens with zero attached hydrogens (tertiary/aromatic N) is 1. The van der Waals surface area contributed by atoms with Crippen LogP contribution in [0, 0.1) is 0 Å². The Labute approximate surface area is 113 Å². The van der Waals surface area contributed by atoms with Crippen molar-refractivity contribution in [1.29, 1.82) is 0 Å². The molecule has 0 heterocycles. The highest BCUT2D eigenvalue weighted by Gasteiger charge is 2.14. The number of thiol groups is 1. The van der Waals surface area contributed by atoms with Crippen molar-refractivity contribution in [2.45, 2.75) is 4.90 Å². The Balaban J connectivity index is 2.56.